The number of hydrogen-bond donors (Lipinski definition) is 1. The lowest BCUT2D eigenvalue weighted by Crippen LogP contribution is -2.21. The molecule has 0 radical (unpaired) electrons. The number of amides is 1. The summed E-state index contributed by atoms with van der Waals surface area (Å²) in [6.45, 7) is -2.60. The molecule has 12 heavy (non-hydrogen) atoms. The van der Waals surface area contributed by atoms with E-state index in [2.05, 4.69) is 4.74 Å². The van der Waals surface area contributed by atoms with Gasteiger partial charge in [0.25, 0.3) is 0 Å². The maximum absolute atomic E-state index is 12.4. The molecule has 0 atom stereocenters. The van der Waals surface area contributed by atoms with Crippen LogP contribution in [-0.2, 0) is 0 Å². The highest BCUT2D eigenvalue weighted by Gasteiger charge is 1.99. The van der Waals surface area contributed by atoms with E-state index in [0.717, 1.165) is 12.1 Å². The zero-order chi connectivity index (χ0) is 11.5. The van der Waals surface area contributed by atoms with E-state index < -0.39 is 18.9 Å². The lowest BCUT2D eigenvalue weighted by Gasteiger charge is -2.01. The number of halogens is 1. The molecule has 0 aliphatic carbocycles. The van der Waals surface area contributed by atoms with Crippen molar-refractivity contribution < 1.29 is 18.0 Å². The average molecular weight is 172 g/mol. The van der Waals surface area contributed by atoms with Crippen LogP contribution in [0.2, 0.25) is 0 Å². The molecule has 3 nitrogen and oxygen atoms in total. The van der Waals surface area contributed by atoms with Gasteiger partial charge in [-0.05, 0) is 24.3 Å². The summed E-state index contributed by atoms with van der Waals surface area (Å²) in [5, 5.41) is 1.63. The minimum atomic E-state index is -2.60. The lowest BCUT2D eigenvalue weighted by molar-refractivity contribution is 0.203. The first-order valence-corrected chi connectivity index (χ1v) is 3.12. The number of benzene rings is 1. The van der Waals surface area contributed by atoms with Crippen LogP contribution in [0.5, 0.6) is 5.75 Å². The van der Waals surface area contributed by atoms with Crippen molar-refractivity contribution in [1.82, 2.24) is 5.32 Å². The molecule has 4 heteroatoms. The molecular formula is C8H8FNO2. The Balaban J connectivity index is 2.55. The first-order valence-electron chi connectivity index (χ1n) is 4.62. The van der Waals surface area contributed by atoms with Crippen LogP contribution < -0.4 is 10.1 Å². The normalized spacial score (nSPS) is 13.9. The van der Waals surface area contributed by atoms with E-state index in [1.54, 1.807) is 5.32 Å². The first kappa shape index (κ1) is 5.13. The van der Waals surface area contributed by atoms with Crippen LogP contribution in [0.3, 0.4) is 0 Å². The molecule has 1 rings (SSSR count). The van der Waals surface area contributed by atoms with E-state index in [9.17, 15) is 9.18 Å². The third-order valence-corrected chi connectivity index (χ3v) is 1.13. The lowest BCUT2D eigenvalue weighted by atomic mass is 10.3. The number of nitrogens with one attached hydrogen (secondary N) is 1. The van der Waals surface area contributed by atoms with E-state index in [1.165, 1.54) is 12.1 Å². The maximum Gasteiger partial charge on any atom is 0.412 e. The Morgan fingerprint density at radius 2 is 2.25 bits per heavy atom. The highest BCUT2D eigenvalue weighted by atomic mass is 19.1. The van der Waals surface area contributed by atoms with Crippen LogP contribution in [0.25, 0.3) is 0 Å². The summed E-state index contributed by atoms with van der Waals surface area (Å²) >= 11 is 0. The summed E-state index contributed by atoms with van der Waals surface area (Å²) < 4.78 is 37.2. The molecule has 1 N–H and O–H groups in total. The van der Waals surface area contributed by atoms with Gasteiger partial charge in [-0.25, -0.2) is 9.18 Å². The molecule has 1 aromatic carbocycles. The predicted molar refractivity (Wildman–Crippen MR) is 41.5 cm³/mol. The second kappa shape index (κ2) is 3.71. The van der Waals surface area contributed by atoms with E-state index in [4.69, 9.17) is 4.11 Å². The quantitative estimate of drug-likeness (QED) is 0.697. The van der Waals surface area contributed by atoms with Crippen LogP contribution in [0, 0.1) is 5.82 Å². The Labute approximate surface area is 73.4 Å². The van der Waals surface area contributed by atoms with Crippen LogP contribution in [-0.4, -0.2) is 13.1 Å². The molecule has 0 bridgehead atoms. The van der Waals surface area contributed by atoms with Gasteiger partial charge in [0, 0.05) is 11.1 Å². The van der Waals surface area contributed by atoms with Gasteiger partial charge in [-0.3, -0.25) is 0 Å². The number of ether oxygens (including phenoxy) is 1. The molecule has 0 aliphatic rings. The molecule has 0 saturated heterocycles. The molecule has 0 fully saturated rings. The smallest absolute Gasteiger partial charge is 0.410 e. The van der Waals surface area contributed by atoms with Crippen LogP contribution in [0.1, 0.15) is 4.11 Å². The van der Waals surface area contributed by atoms with Crippen molar-refractivity contribution >= 4 is 6.09 Å². The fourth-order valence-electron chi connectivity index (χ4n) is 0.635. The third kappa shape index (κ3) is 2.23. The minimum absolute atomic E-state index is 0.0677. The summed E-state index contributed by atoms with van der Waals surface area (Å²) in [7, 11) is 0. The Hall–Kier alpha value is -1.58. The summed E-state index contributed by atoms with van der Waals surface area (Å²) in [4.78, 5) is 10.9. The van der Waals surface area contributed by atoms with Gasteiger partial charge in [0.1, 0.15) is 11.6 Å². The van der Waals surface area contributed by atoms with Gasteiger partial charge in [-0.2, -0.15) is 0 Å². The van der Waals surface area contributed by atoms with Gasteiger partial charge in [0.15, 0.2) is 0 Å². The van der Waals surface area contributed by atoms with Gasteiger partial charge in [0.2, 0.25) is 0 Å². The van der Waals surface area contributed by atoms with Gasteiger partial charge in [-0.1, -0.05) is 0 Å². The molecule has 1 amide bonds. The summed E-state index contributed by atoms with van der Waals surface area (Å²) in [5.74, 6) is -0.406. The molecule has 64 valence electrons. The third-order valence-electron chi connectivity index (χ3n) is 1.13. The average Bonchev–Trinajstić information content (AvgIpc) is 2.05. The standard InChI is InChI=1S/C8H8FNO2/c1-10-8(11)12-7-4-2-6(9)3-5-7/h2-5H,1H3,(H,10,11)/i1D3. The zero-order valence-electron chi connectivity index (χ0n) is 9.00. The minimum Gasteiger partial charge on any atom is -0.410 e. The number of hydrogen-bond acceptors (Lipinski definition) is 2. The van der Waals surface area contributed by atoms with Crippen molar-refractivity contribution in [2.75, 3.05) is 6.98 Å². The molecule has 0 saturated carbocycles. The molecule has 0 aliphatic heterocycles. The second-order valence-electron chi connectivity index (χ2n) is 1.97. The van der Waals surface area contributed by atoms with Gasteiger partial charge < -0.3 is 10.1 Å². The van der Waals surface area contributed by atoms with E-state index in [1.807, 2.05) is 0 Å². The summed E-state index contributed by atoms with van der Waals surface area (Å²) in [6, 6.07) is 4.62. The number of carbonyl (C=O) groups excluding carboxylic acids is 1. The Morgan fingerprint density at radius 1 is 1.58 bits per heavy atom. The molecule has 0 aromatic heterocycles. The van der Waals surface area contributed by atoms with Crippen molar-refractivity contribution in [3.05, 3.63) is 30.1 Å². The molecule has 0 spiro atoms. The fraction of sp³-hybridized carbons (Fsp3) is 0.125. The van der Waals surface area contributed by atoms with E-state index in [0.29, 0.717) is 0 Å². The second-order valence-corrected chi connectivity index (χ2v) is 1.97. The molecule has 0 unspecified atom stereocenters. The van der Waals surface area contributed by atoms with Crippen LogP contribution in [0.15, 0.2) is 24.3 Å². The van der Waals surface area contributed by atoms with Crippen molar-refractivity contribution in [2.24, 2.45) is 0 Å². The molecular weight excluding hydrogens is 161 g/mol. The van der Waals surface area contributed by atoms with E-state index >= 15 is 0 Å². The highest BCUT2D eigenvalue weighted by molar-refractivity contribution is 5.69. The van der Waals surface area contributed by atoms with Crippen molar-refractivity contribution in [1.29, 1.82) is 0 Å². The van der Waals surface area contributed by atoms with E-state index in [-0.39, 0.29) is 5.75 Å². The highest BCUT2D eigenvalue weighted by Crippen LogP contribution is 2.10. The van der Waals surface area contributed by atoms with Crippen LogP contribution >= 0.6 is 0 Å². The Kier molecular flexibility index (Phi) is 1.59. The molecule has 1 aromatic rings. The maximum atomic E-state index is 12.4. The van der Waals surface area contributed by atoms with Crippen molar-refractivity contribution in [3.8, 4) is 5.75 Å². The van der Waals surface area contributed by atoms with Crippen molar-refractivity contribution in [3.63, 3.8) is 0 Å². The zero-order valence-corrected chi connectivity index (χ0v) is 6.00. The summed E-state index contributed by atoms with van der Waals surface area (Å²) in [5.41, 5.74) is 0. The fourth-order valence-corrected chi connectivity index (χ4v) is 0.635. The molecule has 0 heterocycles. The number of rotatable bonds is 1. The SMILES string of the molecule is [2H]C([2H])([2H])NC(=O)Oc1ccc(F)cc1. The Morgan fingerprint density at radius 3 is 2.83 bits per heavy atom. The van der Waals surface area contributed by atoms with Gasteiger partial charge in [0.05, 0.1) is 0 Å². The monoisotopic (exact) mass is 172 g/mol. The van der Waals surface area contributed by atoms with Crippen molar-refractivity contribution in [2.45, 2.75) is 0 Å². The van der Waals surface area contributed by atoms with Gasteiger partial charge in [-0.15, -0.1) is 0 Å². The predicted octanol–water partition coefficient (Wildman–Crippen LogP) is 1.54. The van der Waals surface area contributed by atoms with Gasteiger partial charge >= 0.3 is 6.09 Å². The largest absolute Gasteiger partial charge is 0.412 e. The number of carbonyl (C=O) groups is 1. The first-order chi connectivity index (χ1) is 6.87. The topological polar surface area (TPSA) is 38.3 Å². The summed E-state index contributed by atoms with van der Waals surface area (Å²) in [6.07, 6.45) is -1.11. The van der Waals surface area contributed by atoms with Crippen LogP contribution in [0.4, 0.5) is 9.18 Å². The Bertz CT molecular complexity index is 350.